The van der Waals surface area contributed by atoms with Crippen LogP contribution in [0.1, 0.15) is 32.6 Å². The fraction of sp³-hybridized carbons (Fsp3) is 0.875. The van der Waals surface area contributed by atoms with Crippen LogP contribution in [-0.2, 0) is 15.6 Å². The molecule has 1 aliphatic carbocycles. The maximum absolute atomic E-state index is 11.7. The van der Waals surface area contributed by atoms with Crippen molar-refractivity contribution in [3.05, 3.63) is 0 Å². The molecular formula is C8H13NO2S. The smallest absolute Gasteiger partial charge is 0.142 e. The highest BCUT2D eigenvalue weighted by atomic mass is 32.2. The molecule has 3 nitrogen and oxygen atoms in total. The lowest BCUT2D eigenvalue weighted by Crippen LogP contribution is -2.40. The predicted molar refractivity (Wildman–Crippen MR) is 48.4 cm³/mol. The first-order valence-corrected chi connectivity index (χ1v) is 5.61. The van der Waals surface area contributed by atoms with Crippen LogP contribution in [-0.4, -0.2) is 20.6 Å². The SMILES string of the molecule is CC1=NOC2CCCCC2S1=O. The molecule has 0 aromatic rings. The number of oxime groups is 1. The van der Waals surface area contributed by atoms with Crippen LogP contribution >= 0.6 is 0 Å². The van der Waals surface area contributed by atoms with Crippen molar-refractivity contribution in [1.82, 2.24) is 0 Å². The van der Waals surface area contributed by atoms with Gasteiger partial charge in [-0.1, -0.05) is 11.6 Å². The lowest BCUT2D eigenvalue weighted by molar-refractivity contribution is 0.0339. The van der Waals surface area contributed by atoms with Crippen molar-refractivity contribution in [2.24, 2.45) is 5.16 Å². The second kappa shape index (κ2) is 3.17. The molecule has 2 rings (SSSR count). The minimum atomic E-state index is -0.876. The average Bonchev–Trinajstić information content (AvgIpc) is 2.12. The molecule has 4 heteroatoms. The van der Waals surface area contributed by atoms with Crippen LogP contribution < -0.4 is 0 Å². The van der Waals surface area contributed by atoms with Gasteiger partial charge in [-0.05, 0) is 26.2 Å². The summed E-state index contributed by atoms with van der Waals surface area (Å²) in [5.74, 6) is 0. The number of nitrogens with zero attached hydrogens (tertiary/aromatic N) is 1. The second-order valence-electron chi connectivity index (χ2n) is 3.37. The zero-order valence-electron chi connectivity index (χ0n) is 7.16. The molecule has 1 aliphatic heterocycles. The fourth-order valence-corrected chi connectivity index (χ4v) is 3.22. The molecule has 1 heterocycles. The van der Waals surface area contributed by atoms with Gasteiger partial charge in [0.1, 0.15) is 11.1 Å². The highest BCUT2D eigenvalue weighted by Gasteiger charge is 2.35. The molecule has 0 bridgehead atoms. The standard InChI is InChI=1S/C8H13NO2S/c1-6-9-11-7-4-2-3-5-8(7)12(6)10/h7-8H,2-5H2,1H3. The normalized spacial score (nSPS) is 41.1. The summed E-state index contributed by atoms with van der Waals surface area (Å²) < 4.78 is 11.7. The Morgan fingerprint density at radius 2 is 2.25 bits per heavy atom. The number of rotatable bonds is 0. The largest absolute Gasteiger partial charge is 0.390 e. The van der Waals surface area contributed by atoms with Crippen LogP contribution in [0, 0.1) is 0 Å². The molecule has 0 spiro atoms. The van der Waals surface area contributed by atoms with E-state index in [1.807, 2.05) is 0 Å². The molecule has 1 fully saturated rings. The lowest BCUT2D eigenvalue weighted by Gasteiger charge is -2.31. The molecule has 1 saturated carbocycles. The zero-order chi connectivity index (χ0) is 8.55. The number of fused-ring (bicyclic) bond motifs is 1. The maximum atomic E-state index is 11.7. The summed E-state index contributed by atoms with van der Waals surface area (Å²) in [5.41, 5.74) is 0. The van der Waals surface area contributed by atoms with Crippen molar-refractivity contribution in [3.63, 3.8) is 0 Å². The van der Waals surface area contributed by atoms with Gasteiger partial charge >= 0.3 is 0 Å². The summed E-state index contributed by atoms with van der Waals surface area (Å²) in [7, 11) is -0.876. The van der Waals surface area contributed by atoms with Crippen LogP contribution in [0.2, 0.25) is 0 Å². The van der Waals surface area contributed by atoms with Crippen LogP contribution in [0.4, 0.5) is 0 Å². The van der Waals surface area contributed by atoms with Gasteiger partial charge in [0.2, 0.25) is 0 Å². The van der Waals surface area contributed by atoms with Gasteiger partial charge in [-0.15, -0.1) is 0 Å². The third-order valence-corrected chi connectivity index (χ3v) is 4.27. The van der Waals surface area contributed by atoms with Crippen LogP contribution in [0.3, 0.4) is 0 Å². The second-order valence-corrected chi connectivity index (χ2v) is 5.17. The van der Waals surface area contributed by atoms with Crippen molar-refractivity contribution in [2.75, 3.05) is 0 Å². The molecule has 2 aliphatic rings. The van der Waals surface area contributed by atoms with E-state index in [0.717, 1.165) is 12.8 Å². The van der Waals surface area contributed by atoms with E-state index in [-0.39, 0.29) is 11.4 Å². The number of hydrogen-bond donors (Lipinski definition) is 0. The van der Waals surface area contributed by atoms with Crippen LogP contribution in [0.25, 0.3) is 0 Å². The van der Waals surface area contributed by atoms with E-state index >= 15 is 0 Å². The molecule has 12 heavy (non-hydrogen) atoms. The summed E-state index contributed by atoms with van der Waals surface area (Å²) >= 11 is 0. The first kappa shape index (κ1) is 8.23. The molecule has 0 N–H and O–H groups in total. The summed E-state index contributed by atoms with van der Waals surface area (Å²) in [4.78, 5) is 5.26. The summed E-state index contributed by atoms with van der Waals surface area (Å²) in [6.07, 6.45) is 4.55. The predicted octanol–water partition coefficient (Wildman–Crippen LogP) is 1.41. The van der Waals surface area contributed by atoms with Gasteiger partial charge < -0.3 is 4.84 Å². The van der Waals surface area contributed by atoms with E-state index in [4.69, 9.17) is 4.84 Å². The molecule has 3 unspecified atom stereocenters. The highest BCUT2D eigenvalue weighted by molar-refractivity contribution is 8.01. The molecule has 0 aromatic carbocycles. The Balaban J connectivity index is 2.19. The summed E-state index contributed by atoms with van der Waals surface area (Å²) in [6, 6.07) is 0. The van der Waals surface area contributed by atoms with E-state index in [0.29, 0.717) is 5.04 Å². The Bertz CT molecular complexity index is 239. The van der Waals surface area contributed by atoms with Crippen molar-refractivity contribution in [1.29, 1.82) is 0 Å². The van der Waals surface area contributed by atoms with Crippen molar-refractivity contribution < 1.29 is 9.05 Å². The maximum Gasteiger partial charge on any atom is 0.142 e. The molecule has 3 atom stereocenters. The minimum Gasteiger partial charge on any atom is -0.390 e. The van der Waals surface area contributed by atoms with E-state index in [9.17, 15) is 4.21 Å². The molecule has 0 aromatic heterocycles. The van der Waals surface area contributed by atoms with E-state index in [1.54, 1.807) is 6.92 Å². The Hall–Kier alpha value is -0.380. The van der Waals surface area contributed by atoms with E-state index in [1.165, 1.54) is 12.8 Å². The third kappa shape index (κ3) is 1.28. The molecule has 68 valence electrons. The Labute approximate surface area is 74.6 Å². The Morgan fingerprint density at radius 3 is 3.08 bits per heavy atom. The molecular weight excluding hydrogens is 174 g/mol. The fourth-order valence-electron chi connectivity index (χ4n) is 1.83. The summed E-state index contributed by atoms with van der Waals surface area (Å²) in [5, 5.41) is 4.68. The Morgan fingerprint density at radius 1 is 1.50 bits per heavy atom. The zero-order valence-corrected chi connectivity index (χ0v) is 7.97. The Kier molecular flexibility index (Phi) is 2.17. The van der Waals surface area contributed by atoms with Gasteiger partial charge in [-0.25, -0.2) is 0 Å². The topological polar surface area (TPSA) is 38.7 Å². The van der Waals surface area contributed by atoms with Gasteiger partial charge in [0.25, 0.3) is 0 Å². The van der Waals surface area contributed by atoms with Crippen LogP contribution in [0.5, 0.6) is 0 Å². The van der Waals surface area contributed by atoms with Gasteiger partial charge in [0.05, 0.1) is 16.0 Å². The number of hydrogen-bond acceptors (Lipinski definition) is 3. The van der Waals surface area contributed by atoms with E-state index in [2.05, 4.69) is 5.16 Å². The van der Waals surface area contributed by atoms with Crippen molar-refractivity contribution in [2.45, 2.75) is 44.0 Å². The van der Waals surface area contributed by atoms with Gasteiger partial charge in [0.15, 0.2) is 0 Å². The van der Waals surface area contributed by atoms with Crippen molar-refractivity contribution in [3.8, 4) is 0 Å². The first-order valence-electron chi connectivity index (χ1n) is 4.40. The third-order valence-electron chi connectivity index (χ3n) is 2.52. The molecule has 0 radical (unpaired) electrons. The monoisotopic (exact) mass is 187 g/mol. The molecule has 0 saturated heterocycles. The van der Waals surface area contributed by atoms with Crippen LogP contribution in [0.15, 0.2) is 5.16 Å². The lowest BCUT2D eigenvalue weighted by atomic mass is 9.97. The quantitative estimate of drug-likeness (QED) is 0.575. The average molecular weight is 187 g/mol. The van der Waals surface area contributed by atoms with Gasteiger partial charge in [-0.3, -0.25) is 4.21 Å². The molecule has 0 amide bonds. The van der Waals surface area contributed by atoms with E-state index < -0.39 is 10.8 Å². The van der Waals surface area contributed by atoms with Gasteiger partial charge in [-0.2, -0.15) is 0 Å². The first-order chi connectivity index (χ1) is 5.79. The minimum absolute atomic E-state index is 0.128. The van der Waals surface area contributed by atoms with Gasteiger partial charge in [0, 0.05) is 0 Å². The summed E-state index contributed by atoms with van der Waals surface area (Å²) in [6.45, 7) is 1.78. The van der Waals surface area contributed by atoms with Crippen molar-refractivity contribution >= 4 is 15.8 Å². The highest BCUT2D eigenvalue weighted by Crippen LogP contribution is 2.28.